The van der Waals surface area contributed by atoms with E-state index in [1.54, 1.807) is 7.11 Å². The molecule has 1 atom stereocenters. The number of halogens is 1. The highest BCUT2D eigenvalue weighted by Gasteiger charge is 2.59. The molecule has 1 aliphatic heterocycles. The fraction of sp³-hybridized carbons (Fsp3) is 0.556. The maximum absolute atomic E-state index is 12.4. The van der Waals surface area contributed by atoms with Gasteiger partial charge in [-0.25, -0.2) is 0 Å². The number of aliphatic carboxylic acids is 1. The van der Waals surface area contributed by atoms with Crippen molar-refractivity contribution in [2.24, 2.45) is 11.3 Å². The van der Waals surface area contributed by atoms with E-state index in [1.165, 1.54) is 0 Å². The molecule has 3 rings (SSSR count). The summed E-state index contributed by atoms with van der Waals surface area (Å²) in [6.45, 7) is 1.35. The lowest BCUT2D eigenvalue weighted by Crippen LogP contribution is -2.40. The lowest BCUT2D eigenvalue weighted by Gasteiger charge is -2.32. The number of methoxy groups -OCH3 is 1. The maximum atomic E-state index is 12.4. The van der Waals surface area contributed by atoms with E-state index >= 15 is 0 Å². The van der Waals surface area contributed by atoms with Gasteiger partial charge in [0.2, 0.25) is 5.91 Å². The molecule has 2 aliphatic rings. The van der Waals surface area contributed by atoms with Crippen LogP contribution in [0.25, 0.3) is 0 Å². The van der Waals surface area contributed by atoms with E-state index < -0.39 is 5.97 Å². The van der Waals surface area contributed by atoms with Gasteiger partial charge in [-0.15, -0.1) is 0 Å². The normalized spacial score (nSPS) is 21.6. The number of rotatable bonds is 5. The third kappa shape index (κ3) is 3.36. The van der Waals surface area contributed by atoms with Gasteiger partial charge in [-0.1, -0.05) is 17.7 Å². The third-order valence-electron chi connectivity index (χ3n) is 5.44. The topological polar surface area (TPSA) is 66.8 Å². The van der Waals surface area contributed by atoms with Gasteiger partial charge >= 0.3 is 5.97 Å². The average molecular weight is 352 g/mol. The number of likely N-dealkylation sites (tertiary alicyclic amines) is 1. The van der Waals surface area contributed by atoms with Crippen LogP contribution in [0.15, 0.2) is 18.2 Å². The molecule has 1 unspecified atom stereocenters. The maximum Gasteiger partial charge on any atom is 0.307 e. The predicted octanol–water partition coefficient (Wildman–Crippen LogP) is 2.99. The van der Waals surface area contributed by atoms with Crippen molar-refractivity contribution in [3.8, 4) is 5.75 Å². The second kappa shape index (κ2) is 6.63. The van der Waals surface area contributed by atoms with Crippen LogP contribution >= 0.6 is 11.6 Å². The zero-order valence-corrected chi connectivity index (χ0v) is 14.5. The summed E-state index contributed by atoms with van der Waals surface area (Å²) in [5.41, 5.74) is 0.974. The van der Waals surface area contributed by atoms with E-state index in [4.69, 9.17) is 21.4 Å². The Morgan fingerprint density at radius 2 is 2.08 bits per heavy atom. The molecule has 0 radical (unpaired) electrons. The molecule has 1 saturated heterocycles. The molecule has 2 fully saturated rings. The Morgan fingerprint density at radius 3 is 2.62 bits per heavy atom. The Bertz CT molecular complexity index is 652. The van der Waals surface area contributed by atoms with Gasteiger partial charge in [-0.3, -0.25) is 9.59 Å². The average Bonchev–Trinajstić information content (AvgIpc) is 3.27. The van der Waals surface area contributed by atoms with Gasteiger partial charge in [-0.05, 0) is 48.8 Å². The Hall–Kier alpha value is -1.75. The van der Waals surface area contributed by atoms with Gasteiger partial charge in [0.1, 0.15) is 5.75 Å². The predicted molar refractivity (Wildman–Crippen MR) is 90.3 cm³/mol. The van der Waals surface area contributed by atoms with Crippen molar-refractivity contribution in [3.63, 3.8) is 0 Å². The minimum Gasteiger partial charge on any atom is -0.495 e. The number of carboxylic acid groups (broad SMARTS) is 1. The first-order valence-corrected chi connectivity index (χ1v) is 8.66. The quantitative estimate of drug-likeness (QED) is 0.885. The number of ether oxygens (including phenoxy) is 1. The van der Waals surface area contributed by atoms with Crippen LogP contribution in [-0.4, -0.2) is 42.1 Å². The van der Waals surface area contributed by atoms with E-state index in [1.807, 2.05) is 23.1 Å². The van der Waals surface area contributed by atoms with Crippen molar-refractivity contribution in [1.82, 2.24) is 4.90 Å². The Kier molecular flexibility index (Phi) is 4.72. The molecule has 130 valence electrons. The second-order valence-electron chi connectivity index (χ2n) is 6.81. The molecule has 1 aliphatic carbocycles. The van der Waals surface area contributed by atoms with Crippen LogP contribution in [0.3, 0.4) is 0 Å². The molecule has 1 heterocycles. The van der Waals surface area contributed by atoms with Gasteiger partial charge in [0.25, 0.3) is 0 Å². The highest BCUT2D eigenvalue weighted by molar-refractivity contribution is 6.32. The molecule has 6 heteroatoms. The molecular weight excluding hydrogens is 330 g/mol. The van der Waals surface area contributed by atoms with Crippen LogP contribution < -0.4 is 4.74 Å². The number of nitrogens with zero attached hydrogens (tertiary/aromatic N) is 1. The van der Waals surface area contributed by atoms with E-state index in [-0.39, 0.29) is 17.2 Å². The summed E-state index contributed by atoms with van der Waals surface area (Å²) in [6.07, 6.45) is 3.48. The van der Waals surface area contributed by atoms with E-state index in [9.17, 15) is 9.59 Å². The number of carbonyl (C=O) groups excluding carboxylic acids is 1. The number of hydrogen-bond acceptors (Lipinski definition) is 3. The first-order chi connectivity index (χ1) is 11.4. The van der Waals surface area contributed by atoms with Crippen LogP contribution in [0.2, 0.25) is 5.02 Å². The van der Waals surface area contributed by atoms with E-state index in [0.29, 0.717) is 36.7 Å². The van der Waals surface area contributed by atoms with Crippen molar-refractivity contribution >= 4 is 23.5 Å². The van der Waals surface area contributed by atoms with Crippen molar-refractivity contribution < 1.29 is 19.4 Å². The summed E-state index contributed by atoms with van der Waals surface area (Å²) in [6, 6.07) is 5.57. The minimum atomic E-state index is -0.689. The molecule has 1 N–H and O–H groups in total. The van der Waals surface area contributed by atoms with Gasteiger partial charge < -0.3 is 14.7 Å². The van der Waals surface area contributed by atoms with Gasteiger partial charge in [0.05, 0.1) is 18.1 Å². The minimum absolute atomic E-state index is 0.0356. The molecule has 1 aromatic carbocycles. The van der Waals surface area contributed by atoms with Crippen molar-refractivity contribution in [3.05, 3.63) is 28.8 Å². The second-order valence-corrected chi connectivity index (χ2v) is 7.21. The summed E-state index contributed by atoms with van der Waals surface area (Å²) in [7, 11) is 1.57. The number of aryl methyl sites for hydroxylation is 1. The summed E-state index contributed by atoms with van der Waals surface area (Å²) in [4.78, 5) is 25.3. The number of carboxylic acids is 1. The van der Waals surface area contributed by atoms with Crippen LogP contribution in [-0.2, 0) is 16.0 Å². The zero-order valence-electron chi connectivity index (χ0n) is 13.8. The summed E-state index contributed by atoms with van der Waals surface area (Å²) >= 11 is 6.10. The van der Waals surface area contributed by atoms with Crippen LogP contribution in [0.4, 0.5) is 0 Å². The molecule has 1 spiro atoms. The summed E-state index contributed by atoms with van der Waals surface area (Å²) < 4.78 is 5.12. The number of piperidine rings is 1. The molecule has 0 aromatic heterocycles. The number of hydrogen-bond donors (Lipinski definition) is 1. The summed E-state index contributed by atoms with van der Waals surface area (Å²) in [5, 5.41) is 9.67. The number of carbonyl (C=O) groups is 2. The lowest BCUT2D eigenvalue weighted by atomic mass is 9.90. The lowest BCUT2D eigenvalue weighted by molar-refractivity contribution is -0.139. The fourth-order valence-corrected chi connectivity index (χ4v) is 4.01. The number of benzene rings is 1. The highest BCUT2D eigenvalue weighted by Crippen LogP contribution is 2.59. The first kappa shape index (κ1) is 17.1. The highest BCUT2D eigenvalue weighted by atomic mass is 35.5. The smallest absolute Gasteiger partial charge is 0.307 e. The van der Waals surface area contributed by atoms with Crippen LogP contribution in [0.1, 0.15) is 31.2 Å². The monoisotopic (exact) mass is 351 g/mol. The van der Waals surface area contributed by atoms with Crippen LogP contribution in [0, 0.1) is 11.3 Å². The van der Waals surface area contributed by atoms with Crippen molar-refractivity contribution in [2.45, 2.75) is 32.1 Å². The zero-order chi connectivity index (χ0) is 17.3. The third-order valence-corrected chi connectivity index (χ3v) is 5.74. The summed E-state index contributed by atoms with van der Waals surface area (Å²) in [5.74, 6) is -0.128. The Morgan fingerprint density at radius 1 is 1.38 bits per heavy atom. The molecule has 0 bridgehead atoms. The molecule has 5 nitrogen and oxygen atoms in total. The van der Waals surface area contributed by atoms with E-state index in [0.717, 1.165) is 24.8 Å². The first-order valence-electron chi connectivity index (χ1n) is 8.28. The van der Waals surface area contributed by atoms with E-state index in [2.05, 4.69) is 0 Å². The van der Waals surface area contributed by atoms with Gasteiger partial charge in [-0.2, -0.15) is 0 Å². The van der Waals surface area contributed by atoms with Gasteiger partial charge in [0, 0.05) is 19.5 Å². The van der Waals surface area contributed by atoms with Crippen molar-refractivity contribution in [1.29, 1.82) is 0 Å². The number of amides is 1. The Balaban J connectivity index is 1.48. The van der Waals surface area contributed by atoms with Crippen molar-refractivity contribution in [2.75, 3.05) is 20.2 Å². The molecular formula is C18H22ClNO4. The molecule has 1 aromatic rings. The molecule has 1 amide bonds. The largest absolute Gasteiger partial charge is 0.495 e. The molecule has 24 heavy (non-hydrogen) atoms. The van der Waals surface area contributed by atoms with Gasteiger partial charge in [0.15, 0.2) is 0 Å². The SMILES string of the molecule is COc1ccc(CCC(=O)N2CCC3(CC2)CC3C(=O)O)cc1Cl. The van der Waals surface area contributed by atoms with Crippen LogP contribution in [0.5, 0.6) is 5.75 Å². The Labute approximate surface area is 146 Å². The standard InChI is InChI=1S/C18H22ClNO4/c1-24-15-4-2-12(10-14(15)19)3-5-16(21)20-8-6-18(7-9-20)11-13(18)17(22)23/h2,4,10,13H,3,5-9,11H2,1H3,(H,22,23). The molecule has 1 saturated carbocycles. The fourth-order valence-electron chi connectivity index (χ4n) is 3.73.